The fourth-order valence-corrected chi connectivity index (χ4v) is 3.64. The number of aromatic nitrogens is 1. The number of fused-ring (bicyclic) bond motifs is 1. The predicted molar refractivity (Wildman–Crippen MR) is 86.8 cm³/mol. The second-order valence-corrected chi connectivity index (χ2v) is 7.23. The fourth-order valence-electron chi connectivity index (χ4n) is 2.56. The van der Waals surface area contributed by atoms with Gasteiger partial charge in [0.1, 0.15) is 10.0 Å². The van der Waals surface area contributed by atoms with Crippen LogP contribution in [0.15, 0.2) is 47.5 Å². The molecule has 0 fully saturated rings. The van der Waals surface area contributed by atoms with Crippen molar-refractivity contribution in [3.63, 3.8) is 0 Å². The van der Waals surface area contributed by atoms with Crippen LogP contribution in [0.25, 0.3) is 0 Å². The monoisotopic (exact) mass is 337 g/mol. The molecule has 1 aliphatic rings. The Morgan fingerprint density at radius 1 is 1.23 bits per heavy atom. The highest BCUT2D eigenvalue weighted by Gasteiger charge is 2.19. The summed E-state index contributed by atoms with van der Waals surface area (Å²) in [6.45, 7) is 1.90. The molecule has 0 radical (unpaired) electrons. The van der Waals surface area contributed by atoms with E-state index in [0.29, 0.717) is 13.1 Å². The van der Waals surface area contributed by atoms with Crippen molar-refractivity contribution >= 4 is 27.3 Å². The molecule has 0 spiro atoms. The van der Waals surface area contributed by atoms with Crippen molar-refractivity contribution in [3.05, 3.63) is 53.3 Å². The number of para-hydroxylation sites is 1. The highest BCUT2D eigenvalue weighted by Crippen LogP contribution is 2.26. The predicted octanol–water partition coefficient (Wildman–Crippen LogP) is 2.08. The number of anilines is 1. The quantitative estimate of drug-likeness (QED) is 0.848. The first-order chi connectivity index (χ1) is 10.6. The van der Waals surface area contributed by atoms with Crippen LogP contribution in [-0.2, 0) is 16.4 Å². The van der Waals surface area contributed by atoms with Crippen LogP contribution < -0.4 is 9.62 Å². The molecule has 0 aliphatic carbocycles. The van der Waals surface area contributed by atoms with Crippen molar-refractivity contribution in [2.75, 3.05) is 24.5 Å². The van der Waals surface area contributed by atoms with Crippen LogP contribution in [0.1, 0.15) is 5.56 Å². The summed E-state index contributed by atoms with van der Waals surface area (Å²) in [7, 11) is -3.54. The topological polar surface area (TPSA) is 62.3 Å². The maximum atomic E-state index is 12.2. The number of sulfonamides is 1. The molecule has 1 aliphatic heterocycles. The molecule has 1 N–H and O–H groups in total. The molecule has 0 atom stereocenters. The van der Waals surface area contributed by atoms with Gasteiger partial charge in [-0.1, -0.05) is 29.8 Å². The maximum absolute atomic E-state index is 12.2. The van der Waals surface area contributed by atoms with Crippen LogP contribution in [0.4, 0.5) is 5.69 Å². The van der Waals surface area contributed by atoms with E-state index in [2.05, 4.69) is 26.7 Å². The molecular formula is C15H16ClN3O2S. The molecule has 0 amide bonds. The molecule has 1 aromatic carbocycles. The van der Waals surface area contributed by atoms with Crippen LogP contribution in [0.5, 0.6) is 0 Å². The summed E-state index contributed by atoms with van der Waals surface area (Å²) < 4.78 is 26.9. The van der Waals surface area contributed by atoms with Gasteiger partial charge in [0.25, 0.3) is 0 Å². The SMILES string of the molecule is O=S(=O)(NCCN1CCc2ccccc21)c1ccc(Cl)nc1. The lowest BCUT2D eigenvalue weighted by molar-refractivity contribution is 0.580. The lowest BCUT2D eigenvalue weighted by Gasteiger charge is -2.19. The minimum Gasteiger partial charge on any atom is -0.370 e. The molecule has 5 nitrogen and oxygen atoms in total. The summed E-state index contributed by atoms with van der Waals surface area (Å²) in [6.07, 6.45) is 2.26. The molecule has 7 heteroatoms. The van der Waals surface area contributed by atoms with Gasteiger partial charge in [0.05, 0.1) is 0 Å². The van der Waals surface area contributed by atoms with E-state index in [0.717, 1.165) is 13.0 Å². The molecule has 0 saturated heterocycles. The van der Waals surface area contributed by atoms with Gasteiger partial charge in [-0.05, 0) is 30.2 Å². The Morgan fingerprint density at radius 2 is 2.05 bits per heavy atom. The van der Waals surface area contributed by atoms with E-state index in [9.17, 15) is 8.42 Å². The molecule has 3 rings (SSSR count). The summed E-state index contributed by atoms with van der Waals surface area (Å²) in [4.78, 5) is 6.11. The van der Waals surface area contributed by atoms with Gasteiger partial charge < -0.3 is 4.90 Å². The maximum Gasteiger partial charge on any atom is 0.242 e. The lowest BCUT2D eigenvalue weighted by atomic mass is 10.2. The number of nitrogens with zero attached hydrogens (tertiary/aromatic N) is 2. The van der Waals surface area contributed by atoms with E-state index < -0.39 is 10.0 Å². The van der Waals surface area contributed by atoms with Crippen LogP contribution in [-0.4, -0.2) is 33.0 Å². The van der Waals surface area contributed by atoms with Crippen molar-refractivity contribution in [2.24, 2.45) is 0 Å². The van der Waals surface area contributed by atoms with Crippen LogP contribution >= 0.6 is 11.6 Å². The largest absolute Gasteiger partial charge is 0.370 e. The highest BCUT2D eigenvalue weighted by molar-refractivity contribution is 7.89. The minimum absolute atomic E-state index is 0.124. The van der Waals surface area contributed by atoms with Crippen LogP contribution in [0.2, 0.25) is 5.15 Å². The fraction of sp³-hybridized carbons (Fsp3) is 0.267. The number of hydrogen-bond acceptors (Lipinski definition) is 4. The van der Waals surface area contributed by atoms with Gasteiger partial charge in [-0.2, -0.15) is 0 Å². The van der Waals surface area contributed by atoms with Gasteiger partial charge in [0.15, 0.2) is 0 Å². The van der Waals surface area contributed by atoms with E-state index in [1.54, 1.807) is 0 Å². The average molecular weight is 338 g/mol. The Balaban J connectivity index is 1.60. The molecule has 0 unspecified atom stereocenters. The zero-order chi connectivity index (χ0) is 15.6. The third-order valence-corrected chi connectivity index (χ3v) is 5.34. The molecule has 116 valence electrons. The first-order valence-electron chi connectivity index (χ1n) is 7.00. The highest BCUT2D eigenvalue weighted by atomic mass is 35.5. The second-order valence-electron chi connectivity index (χ2n) is 5.08. The first-order valence-corrected chi connectivity index (χ1v) is 8.86. The number of benzene rings is 1. The second kappa shape index (κ2) is 6.24. The standard InChI is InChI=1S/C15H16ClN3O2S/c16-15-6-5-13(11-17-15)22(20,21)18-8-10-19-9-7-12-3-1-2-4-14(12)19/h1-6,11,18H,7-10H2. The third-order valence-electron chi connectivity index (χ3n) is 3.67. The van der Waals surface area contributed by atoms with Gasteiger partial charge in [0.2, 0.25) is 10.0 Å². The van der Waals surface area contributed by atoms with Crippen molar-refractivity contribution < 1.29 is 8.42 Å². The Labute approximate surface area is 135 Å². The summed E-state index contributed by atoms with van der Waals surface area (Å²) in [5, 5.41) is 0.271. The van der Waals surface area contributed by atoms with E-state index in [1.165, 1.54) is 29.6 Å². The molecule has 2 aromatic rings. The van der Waals surface area contributed by atoms with Gasteiger partial charge >= 0.3 is 0 Å². The number of halogens is 1. The molecule has 2 heterocycles. The van der Waals surface area contributed by atoms with E-state index >= 15 is 0 Å². The molecule has 0 bridgehead atoms. The molecule has 0 saturated carbocycles. The van der Waals surface area contributed by atoms with Crippen molar-refractivity contribution in [1.29, 1.82) is 0 Å². The summed E-state index contributed by atoms with van der Waals surface area (Å²) >= 11 is 5.67. The van der Waals surface area contributed by atoms with Gasteiger partial charge in [-0.3, -0.25) is 0 Å². The number of nitrogens with one attached hydrogen (secondary N) is 1. The molecule has 1 aromatic heterocycles. The summed E-state index contributed by atoms with van der Waals surface area (Å²) in [5.74, 6) is 0. The molecular weight excluding hydrogens is 322 g/mol. The van der Waals surface area contributed by atoms with Gasteiger partial charge in [0, 0.05) is 31.5 Å². The Morgan fingerprint density at radius 3 is 2.82 bits per heavy atom. The zero-order valence-corrected chi connectivity index (χ0v) is 13.4. The Hall–Kier alpha value is -1.63. The first kappa shape index (κ1) is 15.3. The summed E-state index contributed by atoms with van der Waals surface area (Å²) in [5.41, 5.74) is 2.50. The Bertz CT molecular complexity index is 763. The normalized spacial score (nSPS) is 14.1. The van der Waals surface area contributed by atoms with Crippen molar-refractivity contribution in [1.82, 2.24) is 9.71 Å². The van der Waals surface area contributed by atoms with Gasteiger partial charge in [-0.15, -0.1) is 0 Å². The number of rotatable bonds is 5. The average Bonchev–Trinajstić information content (AvgIpc) is 2.91. The number of hydrogen-bond donors (Lipinski definition) is 1. The van der Waals surface area contributed by atoms with E-state index in [-0.39, 0.29) is 10.0 Å². The van der Waals surface area contributed by atoms with Crippen LogP contribution in [0.3, 0.4) is 0 Å². The van der Waals surface area contributed by atoms with Crippen molar-refractivity contribution in [3.8, 4) is 0 Å². The number of pyridine rings is 1. The minimum atomic E-state index is -3.54. The van der Waals surface area contributed by atoms with Gasteiger partial charge in [-0.25, -0.2) is 18.1 Å². The van der Waals surface area contributed by atoms with E-state index in [4.69, 9.17) is 11.6 Å². The van der Waals surface area contributed by atoms with Crippen molar-refractivity contribution in [2.45, 2.75) is 11.3 Å². The zero-order valence-electron chi connectivity index (χ0n) is 11.9. The smallest absolute Gasteiger partial charge is 0.242 e. The van der Waals surface area contributed by atoms with E-state index in [1.807, 2.05) is 12.1 Å². The third kappa shape index (κ3) is 3.24. The molecule has 22 heavy (non-hydrogen) atoms. The van der Waals surface area contributed by atoms with Crippen LogP contribution in [0, 0.1) is 0 Å². The Kier molecular flexibility index (Phi) is 4.33. The lowest BCUT2D eigenvalue weighted by Crippen LogP contribution is -2.34. The summed E-state index contributed by atoms with van der Waals surface area (Å²) in [6, 6.07) is 11.1.